The first kappa shape index (κ1) is 13.0. The van der Waals surface area contributed by atoms with Crippen LogP contribution in [0.5, 0.6) is 5.75 Å². The van der Waals surface area contributed by atoms with Gasteiger partial charge < -0.3 is 15.6 Å². The molecule has 21 heavy (non-hydrogen) atoms. The molecule has 0 aliphatic heterocycles. The predicted octanol–water partition coefficient (Wildman–Crippen LogP) is 2.29. The summed E-state index contributed by atoms with van der Waals surface area (Å²) in [7, 11) is 1.56. The Bertz CT molecular complexity index is 839. The summed E-state index contributed by atoms with van der Waals surface area (Å²) < 4.78 is 6.98. The number of aromatic nitrogens is 2. The van der Waals surface area contributed by atoms with Crippen molar-refractivity contribution in [1.29, 1.82) is 0 Å². The molecule has 3 rings (SSSR count). The molecule has 2 heterocycles. The lowest BCUT2D eigenvalue weighted by molar-refractivity contribution is 0.0693. The summed E-state index contributed by atoms with van der Waals surface area (Å²) in [6.07, 6.45) is 1.65. The second-order valence-electron chi connectivity index (χ2n) is 4.51. The number of carbonyl (C=O) groups is 1. The number of aromatic carboxylic acids is 1. The van der Waals surface area contributed by atoms with Crippen molar-refractivity contribution >= 4 is 17.2 Å². The molecule has 0 saturated carbocycles. The monoisotopic (exact) mass is 283 g/mol. The number of anilines is 1. The zero-order valence-electron chi connectivity index (χ0n) is 11.3. The van der Waals surface area contributed by atoms with Gasteiger partial charge in [0.2, 0.25) is 0 Å². The quantitative estimate of drug-likeness (QED) is 0.769. The van der Waals surface area contributed by atoms with E-state index in [0.717, 1.165) is 0 Å². The van der Waals surface area contributed by atoms with Gasteiger partial charge >= 0.3 is 5.97 Å². The highest BCUT2D eigenvalue weighted by Crippen LogP contribution is 2.31. The van der Waals surface area contributed by atoms with Crippen LogP contribution in [0.25, 0.3) is 16.9 Å². The third-order valence-electron chi connectivity index (χ3n) is 3.21. The Balaban J connectivity index is 2.37. The smallest absolute Gasteiger partial charge is 0.356 e. The highest BCUT2D eigenvalue weighted by Gasteiger charge is 2.19. The number of fused-ring (bicyclic) bond motifs is 1. The lowest BCUT2D eigenvalue weighted by Gasteiger charge is -2.07. The minimum Gasteiger partial charge on any atom is -0.496 e. The summed E-state index contributed by atoms with van der Waals surface area (Å²) in [5.74, 6) is 0.00864. The van der Waals surface area contributed by atoms with Crippen molar-refractivity contribution in [3.8, 4) is 17.1 Å². The molecule has 0 amide bonds. The molecular weight excluding hydrogens is 270 g/mol. The van der Waals surface area contributed by atoms with Gasteiger partial charge in [0.25, 0.3) is 0 Å². The molecule has 6 nitrogen and oxygen atoms in total. The molecule has 0 bridgehead atoms. The molecule has 3 aromatic rings. The Hall–Kier alpha value is -3.02. The summed E-state index contributed by atoms with van der Waals surface area (Å²) in [5, 5.41) is 9.30. The van der Waals surface area contributed by atoms with E-state index in [9.17, 15) is 9.90 Å². The molecule has 0 aliphatic carbocycles. The molecule has 6 heteroatoms. The number of hydrogen-bond acceptors (Lipinski definition) is 4. The van der Waals surface area contributed by atoms with Crippen LogP contribution in [0, 0.1) is 0 Å². The summed E-state index contributed by atoms with van der Waals surface area (Å²) >= 11 is 0. The Morgan fingerprint density at radius 1 is 1.29 bits per heavy atom. The first-order chi connectivity index (χ1) is 10.1. The molecule has 0 unspecified atom stereocenters. The normalized spacial score (nSPS) is 10.7. The van der Waals surface area contributed by atoms with Crippen LogP contribution < -0.4 is 10.5 Å². The van der Waals surface area contributed by atoms with Crippen molar-refractivity contribution in [1.82, 2.24) is 9.38 Å². The van der Waals surface area contributed by atoms with E-state index in [-0.39, 0.29) is 5.69 Å². The number of pyridine rings is 1. The number of hydrogen-bond donors (Lipinski definition) is 2. The minimum absolute atomic E-state index is 0.0177. The number of imidazole rings is 1. The van der Waals surface area contributed by atoms with Crippen molar-refractivity contribution in [2.24, 2.45) is 0 Å². The van der Waals surface area contributed by atoms with Gasteiger partial charge in [-0.05, 0) is 24.3 Å². The van der Waals surface area contributed by atoms with Crippen molar-refractivity contribution < 1.29 is 14.6 Å². The average molecular weight is 283 g/mol. The first-order valence-corrected chi connectivity index (χ1v) is 6.26. The zero-order valence-corrected chi connectivity index (χ0v) is 11.3. The number of nitrogen functional groups attached to an aromatic ring is 1. The van der Waals surface area contributed by atoms with Crippen molar-refractivity contribution in [3.63, 3.8) is 0 Å². The summed E-state index contributed by atoms with van der Waals surface area (Å²) in [6, 6.07) is 10.6. The number of methoxy groups -OCH3 is 1. The van der Waals surface area contributed by atoms with E-state index in [1.807, 2.05) is 18.2 Å². The second-order valence-corrected chi connectivity index (χ2v) is 4.51. The van der Waals surface area contributed by atoms with E-state index in [1.165, 1.54) is 0 Å². The fraction of sp³-hybridized carbons (Fsp3) is 0.0667. The fourth-order valence-corrected chi connectivity index (χ4v) is 2.28. The van der Waals surface area contributed by atoms with E-state index in [1.54, 1.807) is 35.9 Å². The number of rotatable bonds is 3. The van der Waals surface area contributed by atoms with E-state index in [2.05, 4.69) is 4.98 Å². The van der Waals surface area contributed by atoms with Gasteiger partial charge in [-0.25, -0.2) is 9.78 Å². The number of nitrogens with two attached hydrogens (primary N) is 1. The third kappa shape index (κ3) is 2.06. The zero-order chi connectivity index (χ0) is 15.0. The summed E-state index contributed by atoms with van der Waals surface area (Å²) in [6.45, 7) is 0. The Morgan fingerprint density at radius 2 is 2.05 bits per heavy atom. The highest BCUT2D eigenvalue weighted by molar-refractivity contribution is 5.95. The predicted molar refractivity (Wildman–Crippen MR) is 78.6 cm³/mol. The average Bonchev–Trinajstić information content (AvgIpc) is 2.85. The molecule has 1 aromatic carbocycles. The van der Waals surface area contributed by atoms with Crippen molar-refractivity contribution in [3.05, 3.63) is 48.3 Å². The molecule has 0 aliphatic rings. The van der Waals surface area contributed by atoms with Crippen molar-refractivity contribution in [2.45, 2.75) is 0 Å². The molecule has 0 atom stereocenters. The van der Waals surface area contributed by atoms with Gasteiger partial charge in [0, 0.05) is 11.9 Å². The largest absolute Gasteiger partial charge is 0.496 e. The van der Waals surface area contributed by atoms with E-state index in [0.29, 0.717) is 28.3 Å². The van der Waals surface area contributed by atoms with Gasteiger partial charge in [-0.2, -0.15) is 0 Å². The molecule has 0 saturated heterocycles. The molecule has 3 N–H and O–H groups in total. The lowest BCUT2D eigenvalue weighted by atomic mass is 10.2. The van der Waals surface area contributed by atoms with Gasteiger partial charge in [0.1, 0.15) is 11.6 Å². The van der Waals surface area contributed by atoms with Crippen LogP contribution in [0.15, 0.2) is 42.6 Å². The molecule has 2 aromatic heterocycles. The topological polar surface area (TPSA) is 89.8 Å². The van der Waals surface area contributed by atoms with Gasteiger partial charge in [0.15, 0.2) is 5.69 Å². The number of nitrogens with zero attached hydrogens (tertiary/aromatic N) is 2. The van der Waals surface area contributed by atoms with E-state index < -0.39 is 5.97 Å². The number of carboxylic acids is 1. The van der Waals surface area contributed by atoms with Gasteiger partial charge in [-0.15, -0.1) is 0 Å². The second kappa shape index (κ2) is 4.82. The van der Waals surface area contributed by atoms with E-state index >= 15 is 0 Å². The van der Waals surface area contributed by atoms with Crippen LogP contribution in [0.4, 0.5) is 5.69 Å². The first-order valence-electron chi connectivity index (χ1n) is 6.26. The van der Waals surface area contributed by atoms with Crippen LogP contribution in [0.2, 0.25) is 0 Å². The third-order valence-corrected chi connectivity index (χ3v) is 3.21. The van der Waals surface area contributed by atoms with Crippen LogP contribution >= 0.6 is 0 Å². The van der Waals surface area contributed by atoms with Gasteiger partial charge in [-0.3, -0.25) is 4.40 Å². The summed E-state index contributed by atoms with van der Waals surface area (Å²) in [4.78, 5) is 15.6. The Labute approximate surface area is 120 Å². The number of para-hydroxylation sites is 1. The minimum atomic E-state index is -1.08. The highest BCUT2D eigenvalue weighted by atomic mass is 16.5. The molecule has 106 valence electrons. The van der Waals surface area contributed by atoms with Crippen LogP contribution in [-0.4, -0.2) is 27.6 Å². The lowest BCUT2D eigenvalue weighted by Crippen LogP contribution is -1.97. The van der Waals surface area contributed by atoms with Crippen molar-refractivity contribution in [2.75, 3.05) is 12.8 Å². The molecule has 0 spiro atoms. The maximum Gasteiger partial charge on any atom is 0.356 e. The molecule has 0 radical (unpaired) electrons. The number of benzene rings is 1. The number of carboxylic acid groups (broad SMARTS) is 1. The van der Waals surface area contributed by atoms with Gasteiger partial charge in [-0.1, -0.05) is 12.1 Å². The van der Waals surface area contributed by atoms with Crippen LogP contribution in [0.3, 0.4) is 0 Å². The van der Waals surface area contributed by atoms with E-state index in [4.69, 9.17) is 10.5 Å². The Morgan fingerprint density at radius 3 is 2.76 bits per heavy atom. The van der Waals surface area contributed by atoms with Crippen LogP contribution in [0.1, 0.15) is 10.5 Å². The maximum absolute atomic E-state index is 11.4. The molecule has 0 fully saturated rings. The summed E-state index contributed by atoms with van der Waals surface area (Å²) in [5.41, 5.74) is 7.49. The fourth-order valence-electron chi connectivity index (χ4n) is 2.28. The van der Waals surface area contributed by atoms with Crippen LogP contribution in [-0.2, 0) is 0 Å². The Kier molecular flexibility index (Phi) is 2.98. The maximum atomic E-state index is 11.4. The SMILES string of the molecule is COc1ccccc1-c1nc(C(=O)O)c2ccc(N)cn12. The standard InChI is InChI=1S/C15H13N3O3/c1-21-12-5-3-2-4-10(12)14-17-13(15(19)20)11-7-6-9(16)8-18(11)14/h2-8H,16H2,1H3,(H,19,20). The molecular formula is C15H13N3O3. The number of ether oxygens (including phenoxy) is 1. The van der Waals surface area contributed by atoms with Gasteiger partial charge in [0.05, 0.1) is 18.2 Å².